The lowest BCUT2D eigenvalue weighted by Crippen LogP contribution is -2.59. The number of methoxy groups -OCH3 is 2. The van der Waals surface area contributed by atoms with Gasteiger partial charge in [0.25, 0.3) is 0 Å². The average Bonchev–Trinajstić information content (AvgIpc) is 2.96. The van der Waals surface area contributed by atoms with Crippen LogP contribution in [-0.2, 0) is 23.7 Å². The molecular formula is C35H58O9. The van der Waals surface area contributed by atoms with Gasteiger partial charge in [0.2, 0.25) is 5.76 Å². The van der Waals surface area contributed by atoms with E-state index in [0.717, 1.165) is 11.1 Å². The van der Waals surface area contributed by atoms with Gasteiger partial charge >= 0.3 is 5.97 Å². The second-order valence-electron chi connectivity index (χ2n) is 13.6. The van der Waals surface area contributed by atoms with Crippen molar-refractivity contribution in [1.29, 1.82) is 0 Å². The Morgan fingerprint density at radius 2 is 1.68 bits per heavy atom. The molecule has 9 nitrogen and oxygen atoms in total. The largest absolute Gasteiger partial charge is 0.490 e. The molecule has 0 amide bonds. The third-order valence-corrected chi connectivity index (χ3v) is 9.50. The Kier molecular flexibility index (Phi) is 14.3. The third-order valence-electron chi connectivity index (χ3n) is 9.50. The lowest BCUT2D eigenvalue weighted by atomic mass is 9.76. The summed E-state index contributed by atoms with van der Waals surface area (Å²) in [5, 5.41) is 45.0. The highest BCUT2D eigenvalue weighted by Gasteiger charge is 2.51. The maximum absolute atomic E-state index is 13.5. The van der Waals surface area contributed by atoms with Crippen LogP contribution in [0, 0.1) is 35.5 Å². The normalized spacial score (nSPS) is 41.2. The molecule has 4 N–H and O–H groups in total. The van der Waals surface area contributed by atoms with E-state index in [0.29, 0.717) is 6.42 Å². The summed E-state index contributed by atoms with van der Waals surface area (Å²) in [4.78, 5) is 13.5. The molecule has 1 fully saturated rings. The van der Waals surface area contributed by atoms with Crippen LogP contribution in [0.1, 0.15) is 75.2 Å². The van der Waals surface area contributed by atoms with Crippen LogP contribution < -0.4 is 0 Å². The quantitative estimate of drug-likeness (QED) is 0.298. The van der Waals surface area contributed by atoms with Crippen LogP contribution in [-0.4, -0.2) is 83.0 Å². The lowest BCUT2D eigenvalue weighted by molar-refractivity contribution is -0.328. The third kappa shape index (κ3) is 9.50. The molecule has 252 valence electrons. The Bertz CT molecular complexity index is 1060. The minimum absolute atomic E-state index is 0.00492. The van der Waals surface area contributed by atoms with Gasteiger partial charge in [0.15, 0.2) is 5.79 Å². The van der Waals surface area contributed by atoms with E-state index in [1.54, 1.807) is 26.0 Å². The zero-order valence-electron chi connectivity index (χ0n) is 28.6. The number of aliphatic hydroxyl groups is 4. The molecule has 0 spiro atoms. The molecule has 2 aliphatic rings. The van der Waals surface area contributed by atoms with Gasteiger partial charge in [-0.2, -0.15) is 0 Å². The van der Waals surface area contributed by atoms with Crippen LogP contribution in [0.25, 0.3) is 0 Å². The average molecular weight is 623 g/mol. The molecule has 0 aromatic heterocycles. The molecule has 1 saturated heterocycles. The summed E-state index contributed by atoms with van der Waals surface area (Å²) in [5.41, 5.74) is 1.78. The molecule has 2 aliphatic heterocycles. The van der Waals surface area contributed by atoms with Crippen molar-refractivity contribution < 1.29 is 44.2 Å². The smallest absolute Gasteiger partial charge is 0.373 e. The fraction of sp³-hybridized carbons (Fsp3) is 0.743. The van der Waals surface area contributed by atoms with Gasteiger partial charge in [-0.3, -0.25) is 0 Å². The molecule has 2 rings (SSSR count). The minimum Gasteiger partial charge on any atom is -0.490 e. The summed E-state index contributed by atoms with van der Waals surface area (Å²) >= 11 is 0. The fourth-order valence-corrected chi connectivity index (χ4v) is 6.54. The lowest BCUT2D eigenvalue weighted by Gasteiger charge is -2.49. The molecule has 9 heteroatoms. The van der Waals surface area contributed by atoms with Gasteiger partial charge in [-0.15, -0.1) is 0 Å². The molecule has 44 heavy (non-hydrogen) atoms. The van der Waals surface area contributed by atoms with Gasteiger partial charge in [0, 0.05) is 37.2 Å². The number of aliphatic hydroxyl groups excluding tert-OH is 3. The van der Waals surface area contributed by atoms with Crippen LogP contribution in [0.4, 0.5) is 0 Å². The van der Waals surface area contributed by atoms with Crippen LogP contribution >= 0.6 is 0 Å². The maximum atomic E-state index is 13.5. The number of hydrogen-bond donors (Lipinski definition) is 4. The molecule has 0 unspecified atom stereocenters. The minimum atomic E-state index is -1.80. The van der Waals surface area contributed by atoms with Crippen LogP contribution in [0.3, 0.4) is 0 Å². The molecule has 0 radical (unpaired) electrons. The number of hydrogen-bond acceptors (Lipinski definition) is 9. The molecular weight excluding hydrogens is 564 g/mol. The molecule has 0 aromatic rings. The van der Waals surface area contributed by atoms with Gasteiger partial charge in [-0.1, -0.05) is 83.9 Å². The van der Waals surface area contributed by atoms with Crippen molar-refractivity contribution in [2.24, 2.45) is 35.5 Å². The first-order valence-corrected chi connectivity index (χ1v) is 15.9. The highest BCUT2D eigenvalue weighted by molar-refractivity contribution is 5.87. The van der Waals surface area contributed by atoms with Crippen molar-refractivity contribution in [2.75, 3.05) is 14.2 Å². The first-order valence-electron chi connectivity index (χ1n) is 15.9. The van der Waals surface area contributed by atoms with Gasteiger partial charge < -0.3 is 39.4 Å². The van der Waals surface area contributed by atoms with E-state index >= 15 is 0 Å². The predicted molar refractivity (Wildman–Crippen MR) is 170 cm³/mol. The van der Waals surface area contributed by atoms with E-state index in [-0.39, 0.29) is 35.9 Å². The van der Waals surface area contributed by atoms with Gasteiger partial charge in [-0.05, 0) is 38.2 Å². The number of ether oxygens (including phenoxy) is 4. The van der Waals surface area contributed by atoms with E-state index in [2.05, 4.69) is 0 Å². The van der Waals surface area contributed by atoms with Crippen LogP contribution in [0.2, 0.25) is 0 Å². The van der Waals surface area contributed by atoms with Crippen molar-refractivity contribution >= 4 is 5.97 Å². The second kappa shape index (κ2) is 16.5. The monoisotopic (exact) mass is 622 g/mol. The summed E-state index contributed by atoms with van der Waals surface area (Å²) in [5.74, 6) is -4.49. The summed E-state index contributed by atoms with van der Waals surface area (Å²) in [7, 11) is 2.87. The van der Waals surface area contributed by atoms with Crippen molar-refractivity contribution in [3.63, 3.8) is 0 Å². The fourth-order valence-electron chi connectivity index (χ4n) is 6.54. The van der Waals surface area contributed by atoms with E-state index in [9.17, 15) is 25.2 Å². The molecule has 2 heterocycles. The first kappa shape index (κ1) is 38.2. The standard InChI is InChI=1S/C35H58O9/c1-19(2)32-24(7)27(36)18-35(40,44-32)26(9)31(38)25(8)33-28(41-10)14-12-13-20(3)15-22(5)30(37)23(6)16-21(4)17-29(42-11)34(39)43-33/h12-14,16-17,19,22-28,30-33,36-38,40H,15,18H2,1-11H3/b14-12+,20-13+,21-16+,29-17-/t22-,23-,24+,25+,26+,27-,28+,30+,31-,32-,33-,35-/m1/s1. The summed E-state index contributed by atoms with van der Waals surface area (Å²) in [6.07, 6.45) is 4.85. The highest BCUT2D eigenvalue weighted by Crippen LogP contribution is 2.41. The zero-order chi connectivity index (χ0) is 33.5. The SMILES string of the molecule is CO/C1=C\C(C)=C\[C@@H](C)[C@@H](O)[C@H](C)C/C(C)=C/C=C/[C@H](OC)[C@@H]([C@@H](C)[C@@H](O)[C@H](C)[C@@]2(O)C[C@@H](O)[C@H](C)[C@@H](C(C)C)O2)OC1=O. The number of allylic oxidation sites excluding steroid dienone is 5. The Labute approximate surface area is 264 Å². The van der Waals surface area contributed by atoms with Gasteiger partial charge in [0.1, 0.15) is 12.2 Å². The number of esters is 1. The first-order chi connectivity index (χ1) is 20.5. The molecule has 12 atom stereocenters. The maximum Gasteiger partial charge on any atom is 0.373 e. The number of rotatable bonds is 7. The highest BCUT2D eigenvalue weighted by atomic mass is 16.6. The summed E-state index contributed by atoms with van der Waals surface area (Å²) in [6.45, 7) is 17.0. The van der Waals surface area contributed by atoms with Gasteiger partial charge in [0.05, 0.1) is 31.5 Å². The number of carbonyl (C=O) groups excluding carboxylic acids is 1. The van der Waals surface area contributed by atoms with E-state index in [1.807, 2.05) is 66.7 Å². The van der Waals surface area contributed by atoms with Gasteiger partial charge in [-0.25, -0.2) is 4.79 Å². The van der Waals surface area contributed by atoms with Crippen LogP contribution in [0.5, 0.6) is 0 Å². The molecule has 0 aromatic carbocycles. The Morgan fingerprint density at radius 1 is 1.05 bits per heavy atom. The Morgan fingerprint density at radius 3 is 2.25 bits per heavy atom. The second-order valence-corrected chi connectivity index (χ2v) is 13.6. The number of cyclic esters (lactones) is 1. The zero-order valence-corrected chi connectivity index (χ0v) is 28.6. The molecule has 0 aliphatic carbocycles. The number of carbonyl (C=O) groups is 1. The van der Waals surface area contributed by atoms with E-state index in [1.165, 1.54) is 14.2 Å². The van der Waals surface area contributed by atoms with Crippen LogP contribution in [0.15, 0.2) is 47.3 Å². The summed E-state index contributed by atoms with van der Waals surface area (Å²) in [6, 6.07) is 0. The summed E-state index contributed by atoms with van der Waals surface area (Å²) < 4.78 is 23.4. The van der Waals surface area contributed by atoms with Crippen molar-refractivity contribution in [3.05, 3.63) is 47.3 Å². The Balaban J connectivity index is 2.52. The van der Waals surface area contributed by atoms with Crippen molar-refractivity contribution in [2.45, 2.75) is 118 Å². The van der Waals surface area contributed by atoms with Crippen molar-refractivity contribution in [1.82, 2.24) is 0 Å². The Hall–Kier alpha value is -2.01. The van der Waals surface area contributed by atoms with Crippen molar-refractivity contribution in [3.8, 4) is 0 Å². The molecule has 0 bridgehead atoms. The van der Waals surface area contributed by atoms with E-state index in [4.69, 9.17) is 18.9 Å². The predicted octanol–water partition coefficient (Wildman–Crippen LogP) is 4.69. The molecule has 0 saturated carbocycles. The topological polar surface area (TPSA) is 135 Å². The van der Waals surface area contributed by atoms with E-state index < -0.39 is 60.2 Å².